The van der Waals surface area contributed by atoms with Crippen molar-refractivity contribution < 1.29 is 0 Å². The van der Waals surface area contributed by atoms with Gasteiger partial charge in [0.25, 0.3) is 5.56 Å². The summed E-state index contributed by atoms with van der Waals surface area (Å²) in [7, 11) is 0. The lowest BCUT2D eigenvalue weighted by atomic mass is 9.82. The second kappa shape index (κ2) is 6.27. The highest BCUT2D eigenvalue weighted by Crippen LogP contribution is 2.26. The van der Waals surface area contributed by atoms with Gasteiger partial charge in [-0.1, -0.05) is 38.1 Å². The van der Waals surface area contributed by atoms with Crippen molar-refractivity contribution in [3.8, 4) is 0 Å². The van der Waals surface area contributed by atoms with E-state index in [0.29, 0.717) is 23.5 Å². The van der Waals surface area contributed by atoms with E-state index in [0.717, 1.165) is 0 Å². The van der Waals surface area contributed by atoms with E-state index >= 15 is 0 Å². The number of fused-ring (bicyclic) bond motifs is 1. The summed E-state index contributed by atoms with van der Waals surface area (Å²) in [4.78, 5) is 19.8. The SMILES string of the molecule is Cc1ccccc1C(C)(C)CNc1nc2c(cnn2C(C)(C)C)c(=O)[nH]1. The van der Waals surface area contributed by atoms with Gasteiger partial charge >= 0.3 is 0 Å². The highest BCUT2D eigenvalue weighted by molar-refractivity contribution is 5.74. The lowest BCUT2D eigenvalue weighted by Gasteiger charge is -2.27. The molecule has 0 spiro atoms. The van der Waals surface area contributed by atoms with Crippen LogP contribution in [-0.2, 0) is 11.0 Å². The molecule has 26 heavy (non-hydrogen) atoms. The highest BCUT2D eigenvalue weighted by Gasteiger charge is 2.23. The zero-order valence-electron chi connectivity index (χ0n) is 16.3. The third-order valence-corrected chi connectivity index (χ3v) is 4.65. The molecule has 2 heterocycles. The van der Waals surface area contributed by atoms with Gasteiger partial charge in [-0.15, -0.1) is 0 Å². The van der Waals surface area contributed by atoms with Crippen molar-refractivity contribution in [1.82, 2.24) is 19.7 Å². The van der Waals surface area contributed by atoms with Crippen molar-refractivity contribution in [3.63, 3.8) is 0 Å². The van der Waals surface area contributed by atoms with Crippen molar-refractivity contribution in [1.29, 1.82) is 0 Å². The molecule has 6 heteroatoms. The Bertz CT molecular complexity index is 991. The summed E-state index contributed by atoms with van der Waals surface area (Å²) in [5.41, 5.74) is 2.58. The number of aryl methyl sites for hydroxylation is 1. The molecular weight excluding hydrogens is 326 g/mol. The molecule has 2 N–H and O–H groups in total. The predicted octanol–water partition coefficient (Wildman–Crippen LogP) is 3.57. The van der Waals surface area contributed by atoms with Gasteiger partial charge in [0.15, 0.2) is 5.65 Å². The molecule has 0 aliphatic carbocycles. The molecule has 2 aromatic heterocycles. The minimum Gasteiger partial charge on any atom is -0.355 e. The topological polar surface area (TPSA) is 75.6 Å². The number of hydrogen-bond donors (Lipinski definition) is 2. The number of H-pyrrole nitrogens is 1. The van der Waals surface area contributed by atoms with Gasteiger partial charge in [0, 0.05) is 12.0 Å². The maximum atomic E-state index is 12.4. The van der Waals surface area contributed by atoms with E-state index in [9.17, 15) is 4.79 Å². The third-order valence-electron chi connectivity index (χ3n) is 4.65. The van der Waals surface area contributed by atoms with Crippen molar-refractivity contribution in [3.05, 3.63) is 51.9 Å². The van der Waals surface area contributed by atoms with Crippen LogP contribution in [0.4, 0.5) is 5.95 Å². The molecular formula is C20H27N5O. The monoisotopic (exact) mass is 353 g/mol. The fourth-order valence-corrected chi connectivity index (χ4v) is 3.23. The normalized spacial score (nSPS) is 12.5. The number of nitrogens with zero attached hydrogens (tertiary/aromatic N) is 3. The van der Waals surface area contributed by atoms with Crippen LogP contribution in [0, 0.1) is 6.92 Å². The fraction of sp³-hybridized carbons (Fsp3) is 0.450. The first-order valence-electron chi connectivity index (χ1n) is 8.88. The number of rotatable bonds is 4. The van der Waals surface area contributed by atoms with Gasteiger partial charge in [0.05, 0.1) is 11.7 Å². The second-order valence-corrected chi connectivity index (χ2v) is 8.43. The van der Waals surface area contributed by atoms with Crippen LogP contribution in [0.25, 0.3) is 11.0 Å². The third kappa shape index (κ3) is 3.36. The van der Waals surface area contributed by atoms with Crippen molar-refractivity contribution >= 4 is 17.0 Å². The first kappa shape index (κ1) is 18.2. The van der Waals surface area contributed by atoms with Crippen LogP contribution < -0.4 is 10.9 Å². The smallest absolute Gasteiger partial charge is 0.263 e. The lowest BCUT2D eigenvalue weighted by molar-refractivity contribution is 0.366. The summed E-state index contributed by atoms with van der Waals surface area (Å²) < 4.78 is 1.79. The Labute approximate surface area is 153 Å². The molecule has 0 saturated carbocycles. The summed E-state index contributed by atoms with van der Waals surface area (Å²) in [5.74, 6) is 0.468. The van der Waals surface area contributed by atoms with Crippen molar-refractivity contribution in [2.75, 3.05) is 11.9 Å². The Morgan fingerprint density at radius 3 is 2.50 bits per heavy atom. The van der Waals surface area contributed by atoms with Crippen LogP contribution in [0.5, 0.6) is 0 Å². The van der Waals surface area contributed by atoms with E-state index in [1.165, 1.54) is 11.1 Å². The van der Waals surface area contributed by atoms with Gasteiger partial charge in [-0.05, 0) is 38.8 Å². The Balaban J connectivity index is 1.92. The van der Waals surface area contributed by atoms with Gasteiger partial charge in [0.2, 0.25) is 5.95 Å². The molecule has 0 aliphatic rings. The summed E-state index contributed by atoms with van der Waals surface area (Å²) in [6.45, 7) is 13.2. The average Bonchev–Trinajstić information content (AvgIpc) is 2.98. The average molecular weight is 353 g/mol. The molecule has 0 atom stereocenters. The van der Waals surface area contributed by atoms with Gasteiger partial charge < -0.3 is 5.32 Å². The van der Waals surface area contributed by atoms with E-state index in [1.807, 2.05) is 26.8 Å². The number of hydrogen-bond acceptors (Lipinski definition) is 4. The summed E-state index contributed by atoms with van der Waals surface area (Å²) >= 11 is 0. The molecule has 0 saturated heterocycles. The molecule has 0 amide bonds. The van der Waals surface area contributed by atoms with E-state index < -0.39 is 0 Å². The molecule has 3 rings (SSSR count). The molecule has 0 aliphatic heterocycles. The Morgan fingerprint density at radius 2 is 1.85 bits per heavy atom. The van der Waals surface area contributed by atoms with Gasteiger partial charge in [0.1, 0.15) is 5.39 Å². The largest absolute Gasteiger partial charge is 0.355 e. The second-order valence-electron chi connectivity index (χ2n) is 8.43. The minimum absolute atomic E-state index is 0.108. The summed E-state index contributed by atoms with van der Waals surface area (Å²) in [5, 5.41) is 8.15. The van der Waals surface area contributed by atoms with Crippen LogP contribution in [0.15, 0.2) is 35.3 Å². The lowest BCUT2D eigenvalue weighted by Crippen LogP contribution is -2.30. The number of anilines is 1. The fourth-order valence-electron chi connectivity index (χ4n) is 3.23. The van der Waals surface area contributed by atoms with E-state index in [2.05, 4.69) is 59.4 Å². The van der Waals surface area contributed by atoms with Crippen LogP contribution in [0.2, 0.25) is 0 Å². The zero-order chi connectivity index (χ0) is 19.1. The number of aromatic nitrogens is 4. The summed E-state index contributed by atoms with van der Waals surface area (Å²) in [6, 6.07) is 8.36. The Kier molecular flexibility index (Phi) is 4.38. The Hall–Kier alpha value is -2.63. The van der Waals surface area contributed by atoms with Crippen molar-refractivity contribution in [2.45, 2.75) is 52.5 Å². The van der Waals surface area contributed by atoms with Crippen LogP contribution >= 0.6 is 0 Å². The molecule has 1 aromatic carbocycles. The molecule has 6 nitrogen and oxygen atoms in total. The van der Waals surface area contributed by atoms with Crippen LogP contribution in [0.3, 0.4) is 0 Å². The number of aromatic amines is 1. The molecule has 0 unspecified atom stereocenters. The first-order valence-corrected chi connectivity index (χ1v) is 8.88. The van der Waals surface area contributed by atoms with E-state index in [1.54, 1.807) is 10.9 Å². The van der Waals surface area contributed by atoms with Crippen LogP contribution in [0.1, 0.15) is 45.7 Å². The van der Waals surface area contributed by atoms with Crippen LogP contribution in [-0.4, -0.2) is 26.3 Å². The zero-order valence-corrected chi connectivity index (χ0v) is 16.3. The number of benzene rings is 1. The van der Waals surface area contributed by atoms with E-state index in [4.69, 9.17) is 0 Å². The molecule has 138 valence electrons. The van der Waals surface area contributed by atoms with E-state index in [-0.39, 0.29) is 16.5 Å². The highest BCUT2D eigenvalue weighted by atomic mass is 16.1. The molecule has 0 bridgehead atoms. The van der Waals surface area contributed by atoms with Crippen molar-refractivity contribution in [2.24, 2.45) is 0 Å². The Morgan fingerprint density at radius 1 is 1.15 bits per heavy atom. The maximum absolute atomic E-state index is 12.4. The molecule has 0 radical (unpaired) electrons. The summed E-state index contributed by atoms with van der Waals surface area (Å²) in [6.07, 6.45) is 1.58. The van der Waals surface area contributed by atoms with Gasteiger partial charge in [-0.25, -0.2) is 4.68 Å². The minimum atomic E-state index is -0.250. The standard InChI is InChI=1S/C20H27N5O/c1-13-9-7-8-10-15(13)20(5,6)12-21-18-23-16-14(17(26)24-18)11-22-25(16)19(2,3)4/h7-11H,12H2,1-6H3,(H2,21,23,24,26). The molecule has 3 aromatic rings. The molecule has 0 fully saturated rings. The quantitative estimate of drug-likeness (QED) is 0.752. The maximum Gasteiger partial charge on any atom is 0.263 e. The predicted molar refractivity (Wildman–Crippen MR) is 106 cm³/mol. The number of nitrogens with one attached hydrogen (secondary N) is 2. The van der Waals surface area contributed by atoms with Gasteiger partial charge in [-0.3, -0.25) is 9.78 Å². The van der Waals surface area contributed by atoms with Gasteiger partial charge in [-0.2, -0.15) is 10.1 Å². The first-order chi connectivity index (χ1) is 12.1.